The number of allylic oxidation sites excluding steroid dienone is 1. The molecule has 1 rings (SSSR count). The topological polar surface area (TPSA) is 46.3 Å². The first-order valence-corrected chi connectivity index (χ1v) is 3.39. The van der Waals surface area contributed by atoms with Gasteiger partial charge in [0.05, 0.1) is 6.04 Å². The molecule has 58 valence electrons. The smallest absolute Gasteiger partial charge is 0.245 e. The fraction of sp³-hybridized carbons (Fsp3) is 0.375. The van der Waals surface area contributed by atoms with E-state index in [-0.39, 0.29) is 18.0 Å². The number of carbonyl (C=O) groups excluding carboxylic acids is 1. The van der Waals surface area contributed by atoms with E-state index in [2.05, 4.69) is 5.92 Å². The number of rotatable bonds is 1. The fourth-order valence-corrected chi connectivity index (χ4v) is 1.00. The van der Waals surface area contributed by atoms with Crippen LogP contribution in [0.4, 0.5) is 0 Å². The van der Waals surface area contributed by atoms with Crippen molar-refractivity contribution in [3.05, 3.63) is 12.3 Å². The van der Waals surface area contributed by atoms with Gasteiger partial charge in [-0.15, -0.1) is 6.42 Å². The van der Waals surface area contributed by atoms with Crippen LogP contribution in [0, 0.1) is 12.3 Å². The van der Waals surface area contributed by atoms with Gasteiger partial charge < -0.3 is 10.6 Å². The van der Waals surface area contributed by atoms with Gasteiger partial charge in [0.1, 0.15) is 6.04 Å². The molecule has 0 aromatic heterocycles. The lowest BCUT2D eigenvalue weighted by Gasteiger charge is -2.40. The van der Waals surface area contributed by atoms with Gasteiger partial charge in [-0.2, -0.15) is 0 Å². The van der Waals surface area contributed by atoms with E-state index in [0.717, 1.165) is 0 Å². The molecular weight excluding hydrogens is 140 g/mol. The average Bonchev–Trinajstić information content (AvgIpc) is 2.04. The van der Waals surface area contributed by atoms with Crippen LogP contribution in [-0.2, 0) is 4.79 Å². The Hall–Kier alpha value is -1.27. The number of amides is 1. The highest BCUT2D eigenvalue weighted by atomic mass is 16.2. The summed E-state index contributed by atoms with van der Waals surface area (Å²) in [5, 5.41) is 0. The molecule has 0 radical (unpaired) electrons. The number of hydrogen-bond acceptors (Lipinski definition) is 2. The van der Waals surface area contributed by atoms with Gasteiger partial charge in [0.25, 0.3) is 0 Å². The van der Waals surface area contributed by atoms with Gasteiger partial charge in [0.2, 0.25) is 5.91 Å². The van der Waals surface area contributed by atoms with Crippen LogP contribution >= 0.6 is 0 Å². The molecule has 3 heteroatoms. The van der Waals surface area contributed by atoms with Crippen LogP contribution in [0.2, 0.25) is 0 Å². The average molecular weight is 150 g/mol. The molecule has 0 aromatic carbocycles. The van der Waals surface area contributed by atoms with E-state index in [0.29, 0.717) is 0 Å². The van der Waals surface area contributed by atoms with Crippen molar-refractivity contribution in [2.24, 2.45) is 5.73 Å². The standard InChI is InChI=1S/C8H10N2O/c1-3-4-5-10-6(2)7(9)8(10)11/h1,4-7H,9H2,2H3/t6-,7+/m1/s1. The summed E-state index contributed by atoms with van der Waals surface area (Å²) in [6, 6.07) is -0.274. The van der Waals surface area contributed by atoms with E-state index in [4.69, 9.17) is 12.2 Å². The third kappa shape index (κ3) is 1.13. The highest BCUT2D eigenvalue weighted by Crippen LogP contribution is 2.17. The molecule has 1 saturated heterocycles. The first kappa shape index (κ1) is 7.83. The lowest BCUT2D eigenvalue weighted by molar-refractivity contribution is -0.143. The van der Waals surface area contributed by atoms with Crippen molar-refractivity contribution >= 4 is 5.91 Å². The van der Waals surface area contributed by atoms with E-state index in [1.807, 2.05) is 6.92 Å². The summed E-state index contributed by atoms with van der Waals surface area (Å²) in [6.45, 7) is 1.88. The monoisotopic (exact) mass is 150 g/mol. The predicted molar refractivity (Wildman–Crippen MR) is 42.3 cm³/mol. The third-order valence-electron chi connectivity index (χ3n) is 1.83. The Kier molecular flexibility index (Phi) is 1.97. The second-order valence-electron chi connectivity index (χ2n) is 2.49. The van der Waals surface area contributed by atoms with E-state index in [1.165, 1.54) is 11.0 Å². The van der Waals surface area contributed by atoms with Gasteiger partial charge in [-0.1, -0.05) is 5.92 Å². The molecule has 3 nitrogen and oxygen atoms in total. The second-order valence-corrected chi connectivity index (χ2v) is 2.49. The number of likely N-dealkylation sites (tertiary alicyclic amines) is 1. The van der Waals surface area contributed by atoms with Crippen molar-refractivity contribution < 1.29 is 4.79 Å². The summed E-state index contributed by atoms with van der Waals surface area (Å²) in [5.41, 5.74) is 5.45. The Morgan fingerprint density at radius 1 is 1.82 bits per heavy atom. The summed E-state index contributed by atoms with van der Waals surface area (Å²) < 4.78 is 0. The van der Waals surface area contributed by atoms with Crippen LogP contribution in [0.3, 0.4) is 0 Å². The Morgan fingerprint density at radius 2 is 2.45 bits per heavy atom. The van der Waals surface area contributed by atoms with Crippen LogP contribution in [-0.4, -0.2) is 22.9 Å². The fourth-order valence-electron chi connectivity index (χ4n) is 1.00. The first-order valence-electron chi connectivity index (χ1n) is 3.39. The highest BCUT2D eigenvalue weighted by molar-refractivity contribution is 5.89. The summed E-state index contributed by atoms with van der Waals surface area (Å²) in [5.74, 6) is 2.24. The van der Waals surface area contributed by atoms with Gasteiger partial charge in [0.15, 0.2) is 0 Å². The molecule has 0 aliphatic carbocycles. The Balaban J connectivity index is 2.58. The van der Waals surface area contributed by atoms with Crippen molar-refractivity contribution in [3.63, 3.8) is 0 Å². The Bertz CT molecular complexity index is 239. The zero-order valence-electron chi connectivity index (χ0n) is 6.32. The maximum Gasteiger partial charge on any atom is 0.245 e. The molecule has 1 heterocycles. The van der Waals surface area contributed by atoms with Crippen LogP contribution in [0.15, 0.2) is 12.3 Å². The summed E-state index contributed by atoms with van der Waals surface area (Å²) in [4.78, 5) is 12.5. The maximum atomic E-state index is 11.0. The normalized spacial score (nSPS) is 30.3. The van der Waals surface area contributed by atoms with Crippen molar-refractivity contribution in [1.82, 2.24) is 4.90 Å². The molecule has 0 aromatic rings. The zero-order chi connectivity index (χ0) is 8.43. The van der Waals surface area contributed by atoms with Crippen molar-refractivity contribution in [2.75, 3.05) is 0 Å². The van der Waals surface area contributed by atoms with E-state index in [9.17, 15) is 4.79 Å². The minimum atomic E-state index is -0.350. The molecule has 0 spiro atoms. The van der Waals surface area contributed by atoms with Crippen LogP contribution in [0.5, 0.6) is 0 Å². The molecule has 1 aliphatic heterocycles. The zero-order valence-corrected chi connectivity index (χ0v) is 6.32. The van der Waals surface area contributed by atoms with Crippen molar-refractivity contribution in [1.29, 1.82) is 0 Å². The van der Waals surface area contributed by atoms with Gasteiger partial charge in [-0.25, -0.2) is 0 Å². The van der Waals surface area contributed by atoms with Crippen LogP contribution < -0.4 is 5.73 Å². The van der Waals surface area contributed by atoms with Crippen LogP contribution in [0.25, 0.3) is 0 Å². The van der Waals surface area contributed by atoms with Crippen molar-refractivity contribution in [2.45, 2.75) is 19.0 Å². The minimum Gasteiger partial charge on any atom is -0.318 e. The number of terminal acetylenes is 1. The first-order chi connectivity index (χ1) is 5.18. The largest absolute Gasteiger partial charge is 0.318 e. The maximum absolute atomic E-state index is 11.0. The predicted octanol–water partition coefficient (Wildman–Crippen LogP) is -0.309. The van der Waals surface area contributed by atoms with Gasteiger partial charge in [0, 0.05) is 12.3 Å². The lowest BCUT2D eigenvalue weighted by atomic mass is 9.99. The minimum absolute atomic E-state index is 0.0657. The van der Waals surface area contributed by atoms with Gasteiger partial charge in [-0.3, -0.25) is 4.79 Å². The Labute approximate surface area is 65.9 Å². The van der Waals surface area contributed by atoms with Crippen LogP contribution in [0.1, 0.15) is 6.92 Å². The molecule has 1 aliphatic rings. The number of β-lactam (4-membered cyclic amide) rings is 1. The summed E-state index contributed by atoms with van der Waals surface area (Å²) in [7, 11) is 0. The highest BCUT2D eigenvalue weighted by Gasteiger charge is 2.39. The number of hydrogen-bond donors (Lipinski definition) is 1. The Morgan fingerprint density at radius 3 is 2.91 bits per heavy atom. The number of nitrogens with zero attached hydrogens (tertiary/aromatic N) is 1. The molecule has 2 atom stereocenters. The molecule has 0 unspecified atom stereocenters. The van der Waals surface area contributed by atoms with Crippen molar-refractivity contribution in [3.8, 4) is 12.3 Å². The molecule has 1 amide bonds. The number of carbonyl (C=O) groups is 1. The lowest BCUT2D eigenvalue weighted by Crippen LogP contribution is -2.65. The molecule has 0 saturated carbocycles. The van der Waals surface area contributed by atoms with Gasteiger partial charge in [-0.05, 0) is 6.92 Å². The SMILES string of the molecule is C#CC=CN1C(=O)[C@@H](N)[C@H]1C. The summed E-state index contributed by atoms with van der Waals surface area (Å²) >= 11 is 0. The van der Waals surface area contributed by atoms with E-state index < -0.39 is 0 Å². The summed E-state index contributed by atoms with van der Waals surface area (Å²) in [6.07, 6.45) is 8.04. The molecule has 0 bridgehead atoms. The molecular formula is C8H10N2O. The quantitative estimate of drug-likeness (QED) is 0.411. The van der Waals surface area contributed by atoms with Gasteiger partial charge >= 0.3 is 0 Å². The molecule has 2 N–H and O–H groups in total. The second kappa shape index (κ2) is 2.77. The molecule has 11 heavy (non-hydrogen) atoms. The molecule has 1 fully saturated rings. The number of nitrogens with two attached hydrogens (primary N) is 1. The third-order valence-corrected chi connectivity index (χ3v) is 1.83. The van der Waals surface area contributed by atoms with E-state index >= 15 is 0 Å². The van der Waals surface area contributed by atoms with E-state index in [1.54, 1.807) is 6.20 Å².